The molecule has 2 rings (SSSR count). The number of allylic oxidation sites excluding steroid dienone is 3. The summed E-state index contributed by atoms with van der Waals surface area (Å²) in [5, 5.41) is 0. The van der Waals surface area contributed by atoms with E-state index in [-0.39, 0.29) is 12.3 Å². The first-order valence-corrected chi connectivity index (χ1v) is 3.86. The molecule has 1 aliphatic heterocycles. The highest BCUT2D eigenvalue weighted by atomic mass is 16.2. The Morgan fingerprint density at radius 1 is 1.15 bits per heavy atom. The average molecular weight is 177 g/mol. The summed E-state index contributed by atoms with van der Waals surface area (Å²) >= 11 is 0. The van der Waals surface area contributed by atoms with Gasteiger partial charge in [-0.05, 0) is 0 Å². The van der Waals surface area contributed by atoms with Crippen molar-refractivity contribution in [2.45, 2.75) is 0 Å². The molecule has 0 aromatic rings. The van der Waals surface area contributed by atoms with E-state index >= 15 is 0 Å². The molecular formula is C9H7NO3. The van der Waals surface area contributed by atoms with Crippen LogP contribution in [-0.4, -0.2) is 35.8 Å². The SMILES string of the molecule is CN1CC(=O)C2=CC(=O)C(=O)C=C21. The van der Waals surface area contributed by atoms with Gasteiger partial charge in [-0.25, -0.2) is 0 Å². The van der Waals surface area contributed by atoms with Crippen molar-refractivity contribution in [1.82, 2.24) is 4.90 Å². The second kappa shape index (κ2) is 2.39. The third-order valence-electron chi connectivity index (χ3n) is 2.15. The van der Waals surface area contributed by atoms with E-state index in [1.165, 1.54) is 6.08 Å². The maximum Gasteiger partial charge on any atom is 0.227 e. The minimum absolute atomic E-state index is 0.102. The summed E-state index contributed by atoms with van der Waals surface area (Å²) in [5.41, 5.74) is 0.932. The fourth-order valence-corrected chi connectivity index (χ4v) is 1.47. The number of fused-ring (bicyclic) bond motifs is 1. The number of hydrogen-bond donors (Lipinski definition) is 0. The molecule has 0 saturated carbocycles. The van der Waals surface area contributed by atoms with Gasteiger partial charge in [0.1, 0.15) is 0 Å². The van der Waals surface area contributed by atoms with Crippen molar-refractivity contribution in [1.29, 1.82) is 0 Å². The normalized spacial score (nSPS) is 21.6. The van der Waals surface area contributed by atoms with Crippen molar-refractivity contribution in [2.24, 2.45) is 0 Å². The van der Waals surface area contributed by atoms with Crippen LogP contribution in [0.4, 0.5) is 0 Å². The molecule has 1 fully saturated rings. The zero-order chi connectivity index (χ0) is 9.59. The number of carbonyl (C=O) groups excluding carboxylic acids is 3. The van der Waals surface area contributed by atoms with Crippen LogP contribution in [0.2, 0.25) is 0 Å². The number of likely N-dealkylation sites (tertiary alicyclic amines) is 1. The molecule has 1 aliphatic carbocycles. The highest BCUT2D eigenvalue weighted by Crippen LogP contribution is 2.25. The average Bonchev–Trinajstić information content (AvgIpc) is 2.31. The third-order valence-corrected chi connectivity index (χ3v) is 2.15. The van der Waals surface area contributed by atoms with Gasteiger partial charge in [-0.2, -0.15) is 0 Å². The van der Waals surface area contributed by atoms with E-state index in [4.69, 9.17) is 0 Å². The van der Waals surface area contributed by atoms with E-state index in [1.807, 2.05) is 0 Å². The van der Waals surface area contributed by atoms with Gasteiger partial charge in [0.2, 0.25) is 11.6 Å². The molecule has 0 bridgehead atoms. The van der Waals surface area contributed by atoms with E-state index in [9.17, 15) is 14.4 Å². The minimum Gasteiger partial charge on any atom is -0.366 e. The second-order valence-electron chi connectivity index (χ2n) is 3.10. The fourth-order valence-electron chi connectivity index (χ4n) is 1.47. The van der Waals surface area contributed by atoms with E-state index in [2.05, 4.69) is 0 Å². The Labute approximate surface area is 74.5 Å². The van der Waals surface area contributed by atoms with Crippen LogP contribution in [0.25, 0.3) is 0 Å². The predicted molar refractivity (Wildman–Crippen MR) is 43.8 cm³/mol. The number of ketones is 3. The smallest absolute Gasteiger partial charge is 0.227 e. The Balaban J connectivity index is 2.53. The maximum absolute atomic E-state index is 11.3. The molecule has 0 atom stereocenters. The maximum atomic E-state index is 11.3. The highest BCUT2D eigenvalue weighted by Gasteiger charge is 2.32. The molecule has 0 spiro atoms. The van der Waals surface area contributed by atoms with Crippen LogP contribution in [0.15, 0.2) is 23.4 Å². The summed E-state index contributed by atoms with van der Waals surface area (Å²) in [6.45, 7) is 0.248. The van der Waals surface area contributed by atoms with Crippen molar-refractivity contribution in [3.05, 3.63) is 23.4 Å². The molecule has 2 aliphatic rings. The van der Waals surface area contributed by atoms with Gasteiger partial charge in [0.15, 0.2) is 5.78 Å². The first-order valence-electron chi connectivity index (χ1n) is 3.86. The van der Waals surface area contributed by atoms with Crippen molar-refractivity contribution in [2.75, 3.05) is 13.6 Å². The Hall–Kier alpha value is -1.71. The van der Waals surface area contributed by atoms with Gasteiger partial charge in [-0.15, -0.1) is 0 Å². The van der Waals surface area contributed by atoms with E-state index in [0.717, 1.165) is 6.08 Å². The molecule has 0 unspecified atom stereocenters. The molecule has 0 amide bonds. The van der Waals surface area contributed by atoms with Crippen molar-refractivity contribution < 1.29 is 14.4 Å². The Morgan fingerprint density at radius 3 is 2.46 bits per heavy atom. The highest BCUT2D eigenvalue weighted by molar-refractivity contribution is 6.48. The summed E-state index contributed by atoms with van der Waals surface area (Å²) in [5.74, 6) is -1.27. The molecule has 0 radical (unpaired) electrons. The number of carbonyl (C=O) groups is 3. The molecule has 4 heteroatoms. The molecule has 0 N–H and O–H groups in total. The zero-order valence-electron chi connectivity index (χ0n) is 7.03. The Kier molecular flexibility index (Phi) is 1.45. The fraction of sp³-hybridized carbons (Fsp3) is 0.222. The minimum atomic E-state index is -0.609. The van der Waals surface area contributed by atoms with Gasteiger partial charge < -0.3 is 4.90 Å². The summed E-state index contributed by atoms with van der Waals surface area (Å²) in [7, 11) is 1.72. The van der Waals surface area contributed by atoms with Crippen LogP contribution in [0.5, 0.6) is 0 Å². The summed E-state index contributed by atoms with van der Waals surface area (Å²) in [6.07, 6.45) is 2.35. The van der Waals surface area contributed by atoms with Gasteiger partial charge in [0, 0.05) is 24.8 Å². The van der Waals surface area contributed by atoms with Crippen molar-refractivity contribution in [3.8, 4) is 0 Å². The molecule has 13 heavy (non-hydrogen) atoms. The lowest BCUT2D eigenvalue weighted by Crippen LogP contribution is -2.18. The van der Waals surface area contributed by atoms with Crippen LogP contribution < -0.4 is 0 Å². The second-order valence-corrected chi connectivity index (χ2v) is 3.10. The number of Topliss-reactive ketones (excluding diaryl/α,β-unsaturated/α-hetero) is 1. The molecule has 1 heterocycles. The van der Waals surface area contributed by atoms with Crippen molar-refractivity contribution >= 4 is 17.3 Å². The first kappa shape index (κ1) is 7.91. The predicted octanol–water partition coefficient (Wildman–Crippen LogP) is -0.537. The van der Waals surface area contributed by atoms with Crippen LogP contribution in [-0.2, 0) is 14.4 Å². The molecule has 1 saturated heterocycles. The lowest BCUT2D eigenvalue weighted by molar-refractivity contribution is -0.131. The molecule has 0 aromatic heterocycles. The van der Waals surface area contributed by atoms with E-state index < -0.39 is 11.6 Å². The van der Waals surface area contributed by atoms with Gasteiger partial charge >= 0.3 is 0 Å². The van der Waals surface area contributed by atoms with E-state index in [0.29, 0.717) is 11.3 Å². The van der Waals surface area contributed by atoms with Crippen LogP contribution >= 0.6 is 0 Å². The summed E-state index contributed by atoms with van der Waals surface area (Å²) in [6, 6.07) is 0. The quantitative estimate of drug-likeness (QED) is 0.368. The van der Waals surface area contributed by atoms with E-state index in [1.54, 1.807) is 11.9 Å². The summed E-state index contributed by atoms with van der Waals surface area (Å²) < 4.78 is 0. The Morgan fingerprint density at radius 2 is 1.77 bits per heavy atom. The van der Waals surface area contributed by atoms with Crippen molar-refractivity contribution in [3.63, 3.8) is 0 Å². The van der Waals surface area contributed by atoms with Gasteiger partial charge in [0.05, 0.1) is 12.2 Å². The standard InChI is InChI=1S/C9H7NO3/c1-10-4-9(13)5-2-7(11)8(12)3-6(5)10/h2-3H,4H2,1H3. The monoisotopic (exact) mass is 177 g/mol. The van der Waals surface area contributed by atoms with Crippen LogP contribution in [0.3, 0.4) is 0 Å². The Bertz CT molecular complexity index is 390. The van der Waals surface area contributed by atoms with Gasteiger partial charge in [-0.1, -0.05) is 0 Å². The number of likely N-dealkylation sites (N-methyl/N-ethyl adjacent to an activating group) is 1. The lowest BCUT2D eigenvalue weighted by Gasteiger charge is -2.12. The lowest BCUT2D eigenvalue weighted by atomic mass is 10.0. The van der Waals surface area contributed by atoms with Gasteiger partial charge in [0.25, 0.3) is 0 Å². The molecule has 4 nitrogen and oxygen atoms in total. The molecular weight excluding hydrogens is 170 g/mol. The number of hydrogen-bond acceptors (Lipinski definition) is 4. The topological polar surface area (TPSA) is 54.5 Å². The van der Waals surface area contributed by atoms with Crippen LogP contribution in [0.1, 0.15) is 0 Å². The molecule has 0 aromatic carbocycles. The number of rotatable bonds is 0. The number of nitrogens with zero attached hydrogens (tertiary/aromatic N) is 1. The zero-order valence-corrected chi connectivity index (χ0v) is 7.03. The van der Waals surface area contributed by atoms with Crippen LogP contribution in [0, 0.1) is 0 Å². The largest absolute Gasteiger partial charge is 0.366 e. The third kappa shape index (κ3) is 1.02. The first-order chi connectivity index (χ1) is 6.09. The molecule has 66 valence electrons. The van der Waals surface area contributed by atoms with Gasteiger partial charge in [-0.3, -0.25) is 14.4 Å². The summed E-state index contributed by atoms with van der Waals surface area (Å²) in [4.78, 5) is 34.9.